The lowest BCUT2D eigenvalue weighted by molar-refractivity contribution is 0.102. The second kappa shape index (κ2) is 7.39. The lowest BCUT2D eigenvalue weighted by atomic mass is 10.1. The summed E-state index contributed by atoms with van der Waals surface area (Å²) in [6, 6.07) is 17.1. The molecule has 1 atom stereocenters. The molecular formula is C17H15N3OS2. The Hall–Kier alpha value is -2.18. The van der Waals surface area contributed by atoms with E-state index in [9.17, 15) is 4.79 Å². The molecule has 0 saturated heterocycles. The van der Waals surface area contributed by atoms with Crippen LogP contribution in [0, 0.1) is 0 Å². The van der Waals surface area contributed by atoms with Gasteiger partial charge in [0, 0.05) is 16.5 Å². The van der Waals surface area contributed by atoms with Crippen LogP contribution in [-0.2, 0) is 0 Å². The van der Waals surface area contributed by atoms with E-state index in [0.29, 0.717) is 5.56 Å². The van der Waals surface area contributed by atoms with Crippen LogP contribution in [0.5, 0.6) is 0 Å². The number of anilines is 1. The van der Waals surface area contributed by atoms with Crippen molar-refractivity contribution in [3.05, 3.63) is 71.2 Å². The summed E-state index contributed by atoms with van der Waals surface area (Å²) in [7, 11) is 0. The molecule has 3 rings (SSSR count). The van der Waals surface area contributed by atoms with Gasteiger partial charge in [0.15, 0.2) is 4.34 Å². The van der Waals surface area contributed by atoms with E-state index in [2.05, 4.69) is 28.5 Å². The Balaban J connectivity index is 1.71. The van der Waals surface area contributed by atoms with Gasteiger partial charge in [-0.05, 0) is 36.8 Å². The van der Waals surface area contributed by atoms with Crippen LogP contribution in [0.4, 0.5) is 5.69 Å². The predicted octanol–water partition coefficient (Wildman–Crippen LogP) is 4.64. The molecule has 0 bridgehead atoms. The fraction of sp³-hybridized carbons (Fsp3) is 0.118. The van der Waals surface area contributed by atoms with Crippen molar-refractivity contribution < 1.29 is 4.79 Å². The molecule has 0 spiro atoms. The number of hydrogen-bond acceptors (Lipinski definition) is 5. The van der Waals surface area contributed by atoms with Crippen LogP contribution in [0.25, 0.3) is 0 Å². The van der Waals surface area contributed by atoms with Crippen molar-refractivity contribution in [2.24, 2.45) is 0 Å². The summed E-state index contributed by atoms with van der Waals surface area (Å²) in [6.07, 6.45) is 0. The third-order valence-electron chi connectivity index (χ3n) is 3.27. The van der Waals surface area contributed by atoms with E-state index >= 15 is 0 Å². The molecule has 0 unspecified atom stereocenters. The fourth-order valence-electron chi connectivity index (χ4n) is 2.10. The van der Waals surface area contributed by atoms with E-state index in [1.54, 1.807) is 29.4 Å². The summed E-state index contributed by atoms with van der Waals surface area (Å²) in [5.41, 5.74) is 4.30. The molecule has 0 radical (unpaired) electrons. The van der Waals surface area contributed by atoms with Gasteiger partial charge in [-0.15, -0.1) is 10.2 Å². The van der Waals surface area contributed by atoms with Crippen molar-refractivity contribution in [1.82, 2.24) is 10.2 Å². The van der Waals surface area contributed by atoms with Gasteiger partial charge < -0.3 is 5.32 Å². The SMILES string of the molecule is C[C@H](Sc1nncs1)c1cccc(NC(=O)c2ccccc2)c1. The van der Waals surface area contributed by atoms with E-state index in [1.807, 2.05) is 36.4 Å². The third kappa shape index (κ3) is 4.18. The number of amides is 1. The molecule has 1 amide bonds. The Kier molecular flexibility index (Phi) is 5.05. The van der Waals surface area contributed by atoms with Gasteiger partial charge in [0.2, 0.25) is 0 Å². The van der Waals surface area contributed by atoms with Gasteiger partial charge in [0.25, 0.3) is 5.91 Å². The van der Waals surface area contributed by atoms with Crippen molar-refractivity contribution >= 4 is 34.7 Å². The highest BCUT2D eigenvalue weighted by atomic mass is 32.2. The predicted molar refractivity (Wildman–Crippen MR) is 95.0 cm³/mol. The second-order valence-corrected chi connectivity index (χ2v) is 7.33. The number of benzene rings is 2. The average molecular weight is 341 g/mol. The number of hydrogen-bond donors (Lipinski definition) is 1. The number of rotatable bonds is 5. The Labute approximate surface area is 143 Å². The fourth-order valence-corrected chi connectivity index (χ4v) is 3.84. The van der Waals surface area contributed by atoms with Crippen LogP contribution in [0.1, 0.15) is 28.1 Å². The molecule has 4 nitrogen and oxygen atoms in total. The molecule has 6 heteroatoms. The maximum Gasteiger partial charge on any atom is 0.255 e. The molecule has 1 heterocycles. The number of carbonyl (C=O) groups excluding carboxylic acids is 1. The molecule has 0 aliphatic rings. The summed E-state index contributed by atoms with van der Waals surface area (Å²) in [5.74, 6) is -0.104. The van der Waals surface area contributed by atoms with Crippen LogP contribution in [-0.4, -0.2) is 16.1 Å². The van der Waals surface area contributed by atoms with Crippen LogP contribution in [0.3, 0.4) is 0 Å². The molecular weight excluding hydrogens is 326 g/mol. The number of aromatic nitrogens is 2. The zero-order valence-corrected chi connectivity index (χ0v) is 14.1. The van der Waals surface area contributed by atoms with Gasteiger partial charge in [0.1, 0.15) is 5.51 Å². The second-order valence-electron chi connectivity index (χ2n) is 4.91. The number of nitrogens with one attached hydrogen (secondary N) is 1. The van der Waals surface area contributed by atoms with E-state index in [0.717, 1.165) is 15.6 Å². The molecule has 116 valence electrons. The number of nitrogens with zero attached hydrogens (tertiary/aromatic N) is 2. The summed E-state index contributed by atoms with van der Waals surface area (Å²) in [6.45, 7) is 2.12. The lowest BCUT2D eigenvalue weighted by Gasteiger charge is -2.12. The zero-order valence-electron chi connectivity index (χ0n) is 12.5. The quantitative estimate of drug-likeness (QED) is 0.687. The van der Waals surface area contributed by atoms with Crippen LogP contribution < -0.4 is 5.32 Å². The summed E-state index contributed by atoms with van der Waals surface area (Å²) in [5, 5.41) is 11.1. The van der Waals surface area contributed by atoms with Gasteiger partial charge >= 0.3 is 0 Å². The Morgan fingerprint density at radius 1 is 1.17 bits per heavy atom. The monoisotopic (exact) mass is 341 g/mol. The first-order valence-corrected chi connectivity index (χ1v) is 8.87. The van der Waals surface area contributed by atoms with Gasteiger partial charge in [-0.25, -0.2) is 0 Å². The Morgan fingerprint density at radius 3 is 2.74 bits per heavy atom. The summed E-state index contributed by atoms with van der Waals surface area (Å²) < 4.78 is 0.941. The molecule has 2 aromatic carbocycles. The maximum absolute atomic E-state index is 12.2. The highest BCUT2D eigenvalue weighted by Crippen LogP contribution is 2.36. The lowest BCUT2D eigenvalue weighted by Crippen LogP contribution is -2.11. The number of thioether (sulfide) groups is 1. The molecule has 0 fully saturated rings. The molecule has 1 aromatic heterocycles. The first kappa shape index (κ1) is 15.7. The van der Waals surface area contributed by atoms with Crippen molar-refractivity contribution in [2.75, 3.05) is 5.32 Å². The van der Waals surface area contributed by atoms with Gasteiger partial charge in [-0.1, -0.05) is 53.4 Å². The molecule has 1 N–H and O–H groups in total. The first-order valence-electron chi connectivity index (χ1n) is 7.11. The van der Waals surface area contributed by atoms with E-state index in [1.165, 1.54) is 11.3 Å². The topological polar surface area (TPSA) is 54.9 Å². The first-order chi connectivity index (χ1) is 11.2. The normalized spacial score (nSPS) is 11.9. The van der Waals surface area contributed by atoms with Crippen molar-refractivity contribution in [1.29, 1.82) is 0 Å². The smallest absolute Gasteiger partial charge is 0.255 e. The van der Waals surface area contributed by atoms with E-state index in [4.69, 9.17) is 0 Å². The zero-order chi connectivity index (χ0) is 16.1. The average Bonchev–Trinajstić information content (AvgIpc) is 3.09. The minimum absolute atomic E-state index is 0.104. The maximum atomic E-state index is 12.2. The van der Waals surface area contributed by atoms with Crippen LogP contribution in [0.2, 0.25) is 0 Å². The minimum atomic E-state index is -0.104. The molecule has 23 heavy (non-hydrogen) atoms. The van der Waals surface area contributed by atoms with Crippen LogP contribution >= 0.6 is 23.1 Å². The summed E-state index contributed by atoms with van der Waals surface area (Å²) in [4.78, 5) is 12.2. The highest BCUT2D eigenvalue weighted by molar-refractivity contribution is 8.01. The van der Waals surface area contributed by atoms with Crippen molar-refractivity contribution in [3.63, 3.8) is 0 Å². The van der Waals surface area contributed by atoms with Crippen molar-refractivity contribution in [2.45, 2.75) is 16.5 Å². The Morgan fingerprint density at radius 2 is 2.00 bits per heavy atom. The van der Waals surface area contributed by atoms with E-state index in [-0.39, 0.29) is 11.2 Å². The van der Waals surface area contributed by atoms with Gasteiger partial charge in [-0.3, -0.25) is 4.79 Å². The third-order valence-corrected chi connectivity index (χ3v) is 5.24. The highest BCUT2D eigenvalue weighted by Gasteiger charge is 2.11. The standard InChI is InChI=1S/C17H15N3OS2/c1-12(23-17-20-18-11-22-17)14-8-5-9-15(10-14)19-16(21)13-6-3-2-4-7-13/h2-12H,1H3,(H,19,21)/t12-/m0/s1. The Bertz CT molecular complexity index is 776. The molecule has 0 aliphatic carbocycles. The van der Waals surface area contributed by atoms with E-state index < -0.39 is 0 Å². The molecule has 0 saturated carbocycles. The van der Waals surface area contributed by atoms with Gasteiger partial charge in [0.05, 0.1) is 0 Å². The number of carbonyl (C=O) groups is 1. The van der Waals surface area contributed by atoms with Gasteiger partial charge in [-0.2, -0.15) is 0 Å². The van der Waals surface area contributed by atoms with Crippen LogP contribution in [0.15, 0.2) is 64.4 Å². The minimum Gasteiger partial charge on any atom is -0.322 e. The van der Waals surface area contributed by atoms with Crippen molar-refractivity contribution in [3.8, 4) is 0 Å². The largest absolute Gasteiger partial charge is 0.322 e. The molecule has 0 aliphatic heterocycles. The summed E-state index contributed by atoms with van der Waals surface area (Å²) >= 11 is 3.19. The molecule has 3 aromatic rings.